The minimum absolute atomic E-state index is 0.0207. The maximum atomic E-state index is 13.8. The van der Waals surface area contributed by atoms with E-state index in [0.717, 1.165) is 42.7 Å². The van der Waals surface area contributed by atoms with Crippen LogP contribution in [0.3, 0.4) is 0 Å². The van der Waals surface area contributed by atoms with Crippen LogP contribution in [0.4, 0.5) is 5.13 Å². The first-order valence-electron chi connectivity index (χ1n) is 11.2. The molecular formula is C25H28N2O4S. The van der Waals surface area contributed by atoms with E-state index >= 15 is 0 Å². The molecule has 1 aliphatic heterocycles. The Bertz CT molecular complexity index is 1100. The predicted octanol–water partition coefficient (Wildman–Crippen LogP) is 5.02. The lowest BCUT2D eigenvalue weighted by Crippen LogP contribution is -2.37. The van der Waals surface area contributed by atoms with Crippen LogP contribution < -0.4 is 14.4 Å². The Morgan fingerprint density at radius 2 is 1.88 bits per heavy atom. The Morgan fingerprint density at radius 3 is 2.62 bits per heavy atom. The molecule has 1 fully saturated rings. The molecule has 2 aromatic carbocycles. The molecule has 7 heteroatoms. The van der Waals surface area contributed by atoms with E-state index in [9.17, 15) is 4.79 Å². The number of carbonyl (C=O) groups excluding carboxylic acids is 1. The number of anilines is 1. The summed E-state index contributed by atoms with van der Waals surface area (Å²) in [5, 5.41) is 0.640. The van der Waals surface area contributed by atoms with Crippen LogP contribution in [-0.2, 0) is 17.6 Å². The van der Waals surface area contributed by atoms with Crippen LogP contribution in [0.25, 0.3) is 10.2 Å². The summed E-state index contributed by atoms with van der Waals surface area (Å²) < 4.78 is 17.8. The number of hydrogen-bond donors (Lipinski definition) is 0. The Morgan fingerprint density at radius 1 is 1.09 bits per heavy atom. The van der Waals surface area contributed by atoms with Crippen molar-refractivity contribution in [3.8, 4) is 11.5 Å². The maximum absolute atomic E-state index is 13.8. The predicted molar refractivity (Wildman–Crippen MR) is 126 cm³/mol. The van der Waals surface area contributed by atoms with E-state index in [0.29, 0.717) is 28.5 Å². The van der Waals surface area contributed by atoms with Crippen molar-refractivity contribution in [1.82, 2.24) is 4.98 Å². The van der Waals surface area contributed by atoms with Crippen LogP contribution in [0.1, 0.15) is 47.2 Å². The third kappa shape index (κ3) is 3.95. The molecule has 6 nitrogen and oxygen atoms in total. The SMILES string of the molecule is COc1ccc(OC)c2sc(N(CC3CCCO3)C(=O)c3ccc4c(c3)CCCC4)nc12. The molecule has 0 saturated carbocycles. The molecule has 2 heterocycles. The quantitative estimate of drug-likeness (QED) is 0.526. The zero-order valence-corrected chi connectivity index (χ0v) is 19.4. The fourth-order valence-corrected chi connectivity index (χ4v) is 5.73. The molecule has 3 aromatic rings. The van der Waals surface area contributed by atoms with Crippen molar-refractivity contribution in [1.29, 1.82) is 0 Å². The first-order chi connectivity index (χ1) is 15.7. The van der Waals surface area contributed by atoms with Crippen molar-refractivity contribution in [2.75, 3.05) is 32.3 Å². The van der Waals surface area contributed by atoms with E-state index in [1.807, 2.05) is 18.2 Å². The summed E-state index contributed by atoms with van der Waals surface area (Å²) in [7, 11) is 3.27. The average Bonchev–Trinajstić information content (AvgIpc) is 3.51. The zero-order valence-electron chi connectivity index (χ0n) is 18.6. The number of aryl methyl sites for hydroxylation is 2. The standard InChI is InChI=1S/C25H28N2O4S/c1-29-20-11-12-21(30-2)23-22(20)26-25(32-23)27(15-19-8-5-13-31-19)24(28)18-10-9-16-6-3-4-7-17(16)14-18/h9-12,14,19H,3-8,13,15H2,1-2H3. The molecule has 0 radical (unpaired) electrons. The number of fused-ring (bicyclic) bond motifs is 2. The van der Waals surface area contributed by atoms with Gasteiger partial charge in [0.05, 0.1) is 26.9 Å². The summed E-state index contributed by atoms with van der Waals surface area (Å²) >= 11 is 1.45. The van der Waals surface area contributed by atoms with Crippen molar-refractivity contribution in [3.63, 3.8) is 0 Å². The molecule has 2 aliphatic rings. The molecule has 5 rings (SSSR count). The van der Waals surface area contributed by atoms with Gasteiger partial charge in [-0.25, -0.2) is 4.98 Å². The number of rotatable bonds is 6. The van der Waals surface area contributed by atoms with Crippen molar-refractivity contribution in [2.24, 2.45) is 0 Å². The highest BCUT2D eigenvalue weighted by Crippen LogP contribution is 2.40. The molecular weight excluding hydrogens is 424 g/mol. The molecule has 1 amide bonds. The van der Waals surface area contributed by atoms with Gasteiger partial charge in [0.25, 0.3) is 5.91 Å². The van der Waals surface area contributed by atoms with E-state index in [1.54, 1.807) is 19.1 Å². The lowest BCUT2D eigenvalue weighted by Gasteiger charge is -2.24. The minimum atomic E-state index is -0.0362. The van der Waals surface area contributed by atoms with Gasteiger partial charge in [-0.1, -0.05) is 17.4 Å². The van der Waals surface area contributed by atoms with Gasteiger partial charge in [-0.15, -0.1) is 0 Å². The minimum Gasteiger partial charge on any atom is -0.495 e. The van der Waals surface area contributed by atoms with Crippen LogP contribution >= 0.6 is 11.3 Å². The monoisotopic (exact) mass is 452 g/mol. The smallest absolute Gasteiger partial charge is 0.260 e. The van der Waals surface area contributed by atoms with Crippen LogP contribution in [0.2, 0.25) is 0 Å². The van der Waals surface area contributed by atoms with Crippen molar-refractivity contribution < 1.29 is 19.0 Å². The number of benzene rings is 2. The van der Waals surface area contributed by atoms with Crippen LogP contribution in [0, 0.1) is 0 Å². The fourth-order valence-electron chi connectivity index (χ4n) is 4.65. The van der Waals surface area contributed by atoms with Crippen molar-refractivity contribution in [2.45, 2.75) is 44.6 Å². The molecule has 1 aliphatic carbocycles. The van der Waals surface area contributed by atoms with Crippen LogP contribution in [0.15, 0.2) is 30.3 Å². The molecule has 1 aromatic heterocycles. The first kappa shape index (κ1) is 21.2. The van der Waals surface area contributed by atoms with Crippen molar-refractivity contribution in [3.05, 3.63) is 47.0 Å². The summed E-state index contributed by atoms with van der Waals surface area (Å²) in [4.78, 5) is 20.4. The zero-order chi connectivity index (χ0) is 22.1. The third-order valence-electron chi connectivity index (χ3n) is 6.38. The van der Waals surface area contributed by atoms with Gasteiger partial charge in [-0.05, 0) is 73.9 Å². The molecule has 0 bridgehead atoms. The number of ether oxygens (including phenoxy) is 3. The van der Waals surface area contributed by atoms with Gasteiger partial charge in [0.15, 0.2) is 5.13 Å². The number of hydrogen-bond acceptors (Lipinski definition) is 6. The number of thiazole rings is 1. The molecule has 0 spiro atoms. The second-order valence-electron chi connectivity index (χ2n) is 8.39. The number of nitrogens with zero attached hydrogens (tertiary/aromatic N) is 2. The summed E-state index contributed by atoms with van der Waals surface area (Å²) in [6, 6.07) is 9.88. The lowest BCUT2D eigenvalue weighted by molar-refractivity contribution is 0.0917. The topological polar surface area (TPSA) is 60.9 Å². The summed E-state index contributed by atoms with van der Waals surface area (Å²) in [5.74, 6) is 1.36. The Balaban J connectivity index is 1.56. The van der Waals surface area contributed by atoms with E-state index in [4.69, 9.17) is 19.2 Å². The van der Waals surface area contributed by atoms with Crippen molar-refractivity contribution >= 4 is 32.6 Å². The molecule has 0 N–H and O–H groups in total. The molecule has 1 unspecified atom stereocenters. The van der Waals surface area contributed by atoms with Gasteiger partial charge in [0.2, 0.25) is 0 Å². The van der Waals surface area contributed by atoms with Gasteiger partial charge in [0.1, 0.15) is 21.7 Å². The van der Waals surface area contributed by atoms with Gasteiger partial charge in [-0.2, -0.15) is 0 Å². The summed E-state index contributed by atoms with van der Waals surface area (Å²) in [6.45, 7) is 1.23. The summed E-state index contributed by atoms with van der Waals surface area (Å²) in [6.07, 6.45) is 6.53. The second-order valence-corrected chi connectivity index (χ2v) is 9.36. The Labute approximate surface area is 192 Å². The number of methoxy groups -OCH3 is 2. The Hall–Kier alpha value is -2.64. The van der Waals surface area contributed by atoms with E-state index in [-0.39, 0.29) is 12.0 Å². The number of carbonyl (C=O) groups is 1. The van der Waals surface area contributed by atoms with Gasteiger partial charge in [-0.3, -0.25) is 9.69 Å². The van der Waals surface area contributed by atoms with E-state index in [2.05, 4.69) is 12.1 Å². The van der Waals surface area contributed by atoms with Gasteiger partial charge >= 0.3 is 0 Å². The largest absolute Gasteiger partial charge is 0.495 e. The van der Waals surface area contributed by atoms with Gasteiger partial charge < -0.3 is 14.2 Å². The van der Waals surface area contributed by atoms with Crippen LogP contribution in [0.5, 0.6) is 11.5 Å². The molecule has 1 atom stereocenters. The highest BCUT2D eigenvalue weighted by molar-refractivity contribution is 7.22. The number of amides is 1. The lowest BCUT2D eigenvalue weighted by atomic mass is 9.90. The highest BCUT2D eigenvalue weighted by Gasteiger charge is 2.28. The first-order valence-corrected chi connectivity index (χ1v) is 12.1. The second kappa shape index (κ2) is 9.08. The Kier molecular flexibility index (Phi) is 6.02. The summed E-state index contributed by atoms with van der Waals surface area (Å²) in [5.41, 5.74) is 4.09. The fraction of sp³-hybridized carbons (Fsp3) is 0.440. The molecule has 1 saturated heterocycles. The molecule has 168 valence electrons. The third-order valence-corrected chi connectivity index (χ3v) is 7.47. The van der Waals surface area contributed by atoms with Crippen LogP contribution in [-0.4, -0.2) is 44.4 Å². The van der Waals surface area contributed by atoms with Gasteiger partial charge in [0, 0.05) is 12.2 Å². The maximum Gasteiger partial charge on any atom is 0.260 e. The highest BCUT2D eigenvalue weighted by atomic mass is 32.1. The van der Waals surface area contributed by atoms with E-state index < -0.39 is 0 Å². The average molecular weight is 453 g/mol. The normalized spacial score (nSPS) is 17.9. The van der Waals surface area contributed by atoms with E-state index in [1.165, 1.54) is 35.3 Å². The molecule has 32 heavy (non-hydrogen) atoms. The number of aromatic nitrogens is 1.